The van der Waals surface area contributed by atoms with Crippen molar-refractivity contribution in [1.82, 2.24) is 9.88 Å². The lowest BCUT2D eigenvalue weighted by molar-refractivity contribution is -0.136. The third kappa shape index (κ3) is 6.89. The second kappa shape index (κ2) is 12.1. The summed E-state index contributed by atoms with van der Waals surface area (Å²) in [6.45, 7) is 1.79. The van der Waals surface area contributed by atoms with Gasteiger partial charge in [0.05, 0.1) is 23.0 Å². The van der Waals surface area contributed by atoms with Crippen LogP contribution in [0.15, 0.2) is 47.6 Å². The maximum absolute atomic E-state index is 12.6. The van der Waals surface area contributed by atoms with Crippen molar-refractivity contribution in [1.29, 1.82) is 0 Å². The molecule has 2 heterocycles. The molecule has 1 aliphatic heterocycles. The summed E-state index contributed by atoms with van der Waals surface area (Å²) in [6, 6.07) is 9.15. The Morgan fingerprint density at radius 1 is 1.11 bits per heavy atom. The highest BCUT2D eigenvalue weighted by molar-refractivity contribution is 8.00. The van der Waals surface area contributed by atoms with Crippen molar-refractivity contribution in [2.75, 3.05) is 25.6 Å². The summed E-state index contributed by atoms with van der Waals surface area (Å²) in [5.41, 5.74) is 0.870. The van der Waals surface area contributed by atoms with E-state index in [1.165, 1.54) is 37.5 Å². The normalized spacial score (nSPS) is 15.1. The van der Waals surface area contributed by atoms with Gasteiger partial charge in [0, 0.05) is 25.4 Å². The minimum Gasteiger partial charge on any atom is -0.462 e. The van der Waals surface area contributed by atoms with Crippen LogP contribution in [0.3, 0.4) is 0 Å². The van der Waals surface area contributed by atoms with Crippen LogP contribution >= 0.6 is 11.8 Å². The fourth-order valence-corrected chi connectivity index (χ4v) is 4.23. The van der Waals surface area contributed by atoms with Crippen LogP contribution in [0.5, 0.6) is 0 Å². The number of benzene rings is 1. The minimum atomic E-state index is -0.786. The van der Waals surface area contributed by atoms with E-state index in [0.717, 1.165) is 29.5 Å². The molecule has 1 aromatic heterocycles. The van der Waals surface area contributed by atoms with Crippen molar-refractivity contribution >= 4 is 47.1 Å². The molecule has 0 radical (unpaired) electrons. The molecule has 0 saturated carbocycles. The van der Waals surface area contributed by atoms with Gasteiger partial charge in [-0.1, -0.05) is 25.1 Å². The molecule has 1 unspecified atom stereocenters. The van der Waals surface area contributed by atoms with Crippen molar-refractivity contribution in [3.63, 3.8) is 0 Å². The topological polar surface area (TPSA) is 132 Å². The maximum Gasteiger partial charge on any atom is 0.341 e. The maximum atomic E-state index is 12.6. The van der Waals surface area contributed by atoms with Gasteiger partial charge >= 0.3 is 11.9 Å². The van der Waals surface area contributed by atoms with Crippen LogP contribution in [0.4, 0.5) is 5.69 Å². The van der Waals surface area contributed by atoms with Crippen LogP contribution in [0.25, 0.3) is 0 Å². The van der Waals surface area contributed by atoms with Gasteiger partial charge in [-0.3, -0.25) is 19.3 Å². The van der Waals surface area contributed by atoms with Crippen molar-refractivity contribution in [2.24, 2.45) is 0 Å². The third-order valence-electron chi connectivity index (χ3n) is 5.05. The summed E-state index contributed by atoms with van der Waals surface area (Å²) < 4.78 is 10.2. The molecule has 0 bridgehead atoms. The number of imide groups is 1. The van der Waals surface area contributed by atoms with Gasteiger partial charge in [0.2, 0.25) is 11.8 Å². The number of anilines is 1. The first-order chi connectivity index (χ1) is 16.8. The molecule has 3 amide bonds. The summed E-state index contributed by atoms with van der Waals surface area (Å²) >= 11 is 1.01. The Morgan fingerprint density at radius 3 is 2.51 bits per heavy atom. The van der Waals surface area contributed by atoms with Crippen molar-refractivity contribution in [3.8, 4) is 0 Å². The van der Waals surface area contributed by atoms with E-state index >= 15 is 0 Å². The zero-order valence-corrected chi connectivity index (χ0v) is 20.1. The average molecular weight is 500 g/mol. The quantitative estimate of drug-likeness (QED) is 0.298. The molecule has 1 N–H and O–H groups in total. The summed E-state index contributed by atoms with van der Waals surface area (Å²) in [5.74, 6) is -2.46. The number of esters is 2. The molecular weight excluding hydrogens is 474 g/mol. The van der Waals surface area contributed by atoms with E-state index in [-0.39, 0.29) is 28.8 Å². The Kier molecular flexibility index (Phi) is 8.96. The number of likely N-dealkylation sites (tertiary alicyclic amines) is 1. The molecule has 35 heavy (non-hydrogen) atoms. The number of carbonyl (C=O) groups is 5. The number of nitrogens with zero attached hydrogens (tertiary/aromatic N) is 2. The SMILES string of the molecule is CCCCOC(=O)c1ccc(NC(=O)COC(=O)c2cccnc2SC2CC(=O)N(C)C2=O)cc1. The van der Waals surface area contributed by atoms with Crippen LogP contribution in [0.1, 0.15) is 46.9 Å². The number of carbonyl (C=O) groups excluding carboxylic acids is 5. The molecule has 3 rings (SSSR count). The lowest BCUT2D eigenvalue weighted by atomic mass is 10.2. The minimum absolute atomic E-state index is 0.0166. The first-order valence-corrected chi connectivity index (χ1v) is 11.8. The molecule has 2 aromatic rings. The standard InChI is InChI=1S/C24H25N3O7S/c1-3-4-12-33-23(31)15-7-9-16(10-8-15)26-19(28)14-34-24(32)17-6-5-11-25-21(17)35-18-13-20(29)27(2)22(18)30/h5-11,18H,3-4,12-14H2,1-2H3,(H,26,28). The third-order valence-corrected chi connectivity index (χ3v) is 6.26. The van der Waals surface area contributed by atoms with Gasteiger partial charge in [-0.2, -0.15) is 0 Å². The zero-order valence-electron chi connectivity index (χ0n) is 19.3. The highest BCUT2D eigenvalue weighted by Gasteiger charge is 2.37. The van der Waals surface area contributed by atoms with Gasteiger partial charge in [-0.15, -0.1) is 0 Å². The monoisotopic (exact) mass is 499 g/mol. The van der Waals surface area contributed by atoms with E-state index in [1.807, 2.05) is 6.92 Å². The average Bonchev–Trinajstić information content (AvgIpc) is 3.09. The molecular formula is C24H25N3O7S. The van der Waals surface area contributed by atoms with Gasteiger partial charge in [0.25, 0.3) is 5.91 Å². The molecule has 0 spiro atoms. The fourth-order valence-electron chi connectivity index (χ4n) is 3.08. The molecule has 184 valence electrons. The number of thioether (sulfide) groups is 1. The second-order valence-corrected chi connectivity index (χ2v) is 8.84. The van der Waals surface area contributed by atoms with Gasteiger partial charge in [-0.05, 0) is 42.8 Å². The van der Waals surface area contributed by atoms with Gasteiger partial charge < -0.3 is 14.8 Å². The van der Waals surface area contributed by atoms with E-state index < -0.39 is 29.7 Å². The van der Waals surface area contributed by atoms with Crippen LogP contribution in [0.2, 0.25) is 0 Å². The van der Waals surface area contributed by atoms with Crippen molar-refractivity contribution < 1.29 is 33.4 Å². The zero-order chi connectivity index (χ0) is 25.4. The Hall–Kier alpha value is -3.73. The number of pyridine rings is 1. The van der Waals surface area contributed by atoms with Crippen LogP contribution in [-0.4, -0.2) is 65.1 Å². The number of ether oxygens (including phenoxy) is 2. The molecule has 1 aromatic carbocycles. The number of amides is 3. The summed E-state index contributed by atoms with van der Waals surface area (Å²) in [7, 11) is 1.41. The number of hydrogen-bond donors (Lipinski definition) is 1. The molecule has 1 atom stereocenters. The number of rotatable bonds is 10. The summed E-state index contributed by atoms with van der Waals surface area (Å²) in [4.78, 5) is 65.8. The Balaban J connectivity index is 1.53. The molecule has 1 fully saturated rings. The number of hydrogen-bond acceptors (Lipinski definition) is 9. The highest BCUT2D eigenvalue weighted by Crippen LogP contribution is 2.31. The van der Waals surface area contributed by atoms with Crippen LogP contribution < -0.4 is 5.32 Å². The number of unbranched alkanes of at least 4 members (excludes halogenated alkanes) is 1. The van der Waals surface area contributed by atoms with E-state index in [4.69, 9.17) is 9.47 Å². The van der Waals surface area contributed by atoms with E-state index in [0.29, 0.717) is 17.9 Å². The van der Waals surface area contributed by atoms with E-state index in [9.17, 15) is 24.0 Å². The highest BCUT2D eigenvalue weighted by atomic mass is 32.2. The summed E-state index contributed by atoms with van der Waals surface area (Å²) in [6.07, 6.45) is 3.18. The first kappa shape index (κ1) is 25.9. The molecule has 1 aliphatic rings. The lowest BCUT2D eigenvalue weighted by Crippen LogP contribution is -2.26. The van der Waals surface area contributed by atoms with Gasteiger partial charge in [0.15, 0.2) is 6.61 Å². The largest absolute Gasteiger partial charge is 0.462 e. The number of nitrogens with one attached hydrogen (secondary N) is 1. The van der Waals surface area contributed by atoms with Crippen LogP contribution in [-0.2, 0) is 23.9 Å². The Morgan fingerprint density at radius 2 is 1.86 bits per heavy atom. The van der Waals surface area contributed by atoms with E-state index in [1.54, 1.807) is 12.1 Å². The van der Waals surface area contributed by atoms with Gasteiger partial charge in [-0.25, -0.2) is 14.6 Å². The second-order valence-electron chi connectivity index (χ2n) is 7.65. The molecule has 0 aliphatic carbocycles. The van der Waals surface area contributed by atoms with Gasteiger partial charge in [0.1, 0.15) is 5.03 Å². The van der Waals surface area contributed by atoms with E-state index in [2.05, 4.69) is 10.3 Å². The Bertz CT molecular complexity index is 1120. The predicted molar refractivity (Wildman–Crippen MR) is 127 cm³/mol. The predicted octanol–water partition coefficient (Wildman–Crippen LogP) is 2.68. The summed E-state index contributed by atoms with van der Waals surface area (Å²) in [5, 5.41) is 2.14. The molecule has 10 nitrogen and oxygen atoms in total. The number of aromatic nitrogens is 1. The smallest absolute Gasteiger partial charge is 0.341 e. The molecule has 1 saturated heterocycles. The van der Waals surface area contributed by atoms with Crippen LogP contribution in [0, 0.1) is 0 Å². The van der Waals surface area contributed by atoms with Crippen molar-refractivity contribution in [3.05, 3.63) is 53.7 Å². The first-order valence-electron chi connectivity index (χ1n) is 11.0. The van der Waals surface area contributed by atoms with Crippen molar-refractivity contribution in [2.45, 2.75) is 36.5 Å². The lowest BCUT2D eigenvalue weighted by Gasteiger charge is -2.11. The Labute approximate surface area is 206 Å². The fraction of sp³-hybridized carbons (Fsp3) is 0.333. The molecule has 11 heteroatoms.